The molecule has 0 amide bonds. The molecule has 0 aliphatic carbocycles. The molecule has 2 atom stereocenters. The summed E-state index contributed by atoms with van der Waals surface area (Å²) in [6.07, 6.45) is 0.0196. The summed E-state index contributed by atoms with van der Waals surface area (Å²) in [5, 5.41) is 0. The summed E-state index contributed by atoms with van der Waals surface area (Å²) in [5.74, 6) is 0.0416. The molecule has 0 spiro atoms. The maximum absolute atomic E-state index is 12.0. The molecule has 2 unspecified atom stereocenters. The molecule has 3 nitrogen and oxygen atoms in total. The third-order valence-corrected chi connectivity index (χ3v) is 1.93. The second kappa shape index (κ2) is 4.58. The molecule has 0 aliphatic heterocycles. The van der Waals surface area contributed by atoms with Crippen LogP contribution in [0, 0.1) is 0 Å². The minimum absolute atomic E-state index is 0.0196. The van der Waals surface area contributed by atoms with Gasteiger partial charge in [0, 0.05) is 12.3 Å². The molecule has 0 radical (unpaired) electrons. The first kappa shape index (κ1) is 8.71. The van der Waals surface area contributed by atoms with Crippen LogP contribution in [0.15, 0.2) is 0 Å². The summed E-state index contributed by atoms with van der Waals surface area (Å²) in [4.78, 5) is 9.61. The van der Waals surface area contributed by atoms with Gasteiger partial charge in [-0.05, 0) is 0 Å². The van der Waals surface area contributed by atoms with Gasteiger partial charge < -0.3 is 5.73 Å². The van der Waals surface area contributed by atoms with Crippen molar-refractivity contribution in [3.8, 4) is 0 Å². The first-order valence-corrected chi connectivity index (χ1v) is 3.77. The summed E-state index contributed by atoms with van der Waals surface area (Å²) in [5.41, 5.74) is 3.08. The molecule has 9 heavy (non-hydrogen) atoms. The largest absolute Gasteiger partial charge is 0.330 e. The van der Waals surface area contributed by atoms with E-state index in [0.717, 1.165) is 0 Å². The molecule has 0 fully saturated rings. The summed E-state index contributed by atoms with van der Waals surface area (Å²) in [6, 6.07) is 0. The second-order valence-corrected chi connectivity index (χ2v) is 2.98. The molecule has 2 N–H and O–H groups in total. The maximum Gasteiger partial charge on any atom is 0.229 e. The van der Waals surface area contributed by atoms with Gasteiger partial charge >= 0.3 is 0 Å². The lowest BCUT2D eigenvalue weighted by molar-refractivity contribution is -0.109. The molecule has 0 rings (SSSR count). The highest BCUT2D eigenvalue weighted by molar-refractivity contribution is 7.86. The number of carbonyl (C=O) groups excluding carboxylic acids is 1. The molecule has 0 saturated carbocycles. The Morgan fingerprint density at radius 1 is 1.78 bits per heavy atom. The van der Waals surface area contributed by atoms with Gasteiger partial charge in [0.2, 0.25) is 5.50 Å². The molecule has 0 aliphatic rings. The Balaban J connectivity index is 3.58. The number of hydrogen-bond acceptors (Lipinski definition) is 3. The second-order valence-electron chi connectivity index (χ2n) is 1.36. The molecule has 5 heteroatoms. The van der Waals surface area contributed by atoms with Crippen molar-refractivity contribution in [3.63, 3.8) is 0 Å². The lowest BCUT2D eigenvalue weighted by atomic mass is 10.8. The van der Waals surface area contributed by atoms with Gasteiger partial charge in [-0.25, -0.2) is 4.39 Å². The smallest absolute Gasteiger partial charge is 0.229 e. The highest BCUT2D eigenvalue weighted by atomic mass is 32.2. The van der Waals surface area contributed by atoms with Gasteiger partial charge in [-0.1, -0.05) is 0 Å². The van der Waals surface area contributed by atoms with E-state index in [1.807, 2.05) is 0 Å². The van der Waals surface area contributed by atoms with Crippen LogP contribution in [0.1, 0.15) is 0 Å². The van der Waals surface area contributed by atoms with Crippen molar-refractivity contribution in [3.05, 3.63) is 0 Å². The van der Waals surface area contributed by atoms with E-state index in [2.05, 4.69) is 0 Å². The third kappa shape index (κ3) is 3.31. The first-order valence-electron chi connectivity index (χ1n) is 2.39. The Morgan fingerprint density at radius 2 is 2.33 bits per heavy atom. The van der Waals surface area contributed by atoms with Crippen molar-refractivity contribution in [1.29, 1.82) is 0 Å². The van der Waals surface area contributed by atoms with Crippen molar-refractivity contribution in [2.24, 2.45) is 5.73 Å². The van der Waals surface area contributed by atoms with E-state index in [1.54, 1.807) is 0 Å². The number of aldehydes is 1. The van der Waals surface area contributed by atoms with Crippen molar-refractivity contribution in [2.45, 2.75) is 5.50 Å². The van der Waals surface area contributed by atoms with Crippen molar-refractivity contribution >= 4 is 17.1 Å². The quantitative estimate of drug-likeness (QED) is 0.537. The molecule has 0 aromatic rings. The Bertz CT molecular complexity index is 119. The highest BCUT2D eigenvalue weighted by Gasteiger charge is 2.11. The fourth-order valence-corrected chi connectivity index (χ4v) is 0.872. The van der Waals surface area contributed by atoms with Gasteiger partial charge in [0.05, 0.1) is 10.8 Å². The van der Waals surface area contributed by atoms with Gasteiger partial charge in [-0.2, -0.15) is 0 Å². The topological polar surface area (TPSA) is 60.2 Å². The Morgan fingerprint density at radius 3 is 2.67 bits per heavy atom. The fraction of sp³-hybridized carbons (Fsp3) is 0.750. The van der Waals surface area contributed by atoms with Crippen LogP contribution in [-0.4, -0.2) is 28.3 Å². The van der Waals surface area contributed by atoms with Crippen molar-refractivity contribution in [2.75, 3.05) is 12.3 Å². The van der Waals surface area contributed by atoms with Crippen molar-refractivity contribution in [1.82, 2.24) is 0 Å². The van der Waals surface area contributed by atoms with E-state index in [-0.39, 0.29) is 18.6 Å². The van der Waals surface area contributed by atoms with Gasteiger partial charge in [0.1, 0.15) is 0 Å². The van der Waals surface area contributed by atoms with Crippen LogP contribution in [0.2, 0.25) is 0 Å². The van der Waals surface area contributed by atoms with Crippen molar-refractivity contribution < 1.29 is 13.4 Å². The minimum atomic E-state index is -1.87. The summed E-state index contributed by atoms with van der Waals surface area (Å²) < 4.78 is 22.4. The normalized spacial score (nSPS) is 16.7. The number of nitrogens with two attached hydrogens (primary N) is 1. The third-order valence-electron chi connectivity index (χ3n) is 0.677. The van der Waals surface area contributed by atoms with Crippen LogP contribution in [0.25, 0.3) is 0 Å². The number of rotatable bonds is 4. The number of alkyl halides is 1. The average Bonchev–Trinajstić information content (AvgIpc) is 1.87. The lowest BCUT2D eigenvalue weighted by Crippen LogP contribution is -2.19. The van der Waals surface area contributed by atoms with Gasteiger partial charge in [-0.3, -0.25) is 9.00 Å². The van der Waals surface area contributed by atoms with Crippen LogP contribution in [0.3, 0.4) is 0 Å². The molecule has 54 valence electrons. The summed E-state index contributed by atoms with van der Waals surface area (Å²) >= 11 is 0. The predicted molar refractivity (Wildman–Crippen MR) is 33.0 cm³/mol. The van der Waals surface area contributed by atoms with Gasteiger partial charge in [0.25, 0.3) is 0 Å². The average molecular weight is 153 g/mol. The standard InChI is InChI=1S/C4H8FNO2S/c5-4(3-7)9(8)2-1-6/h3-4H,1-2,6H2. The number of hydrogen-bond donors (Lipinski definition) is 1. The summed E-state index contributed by atoms with van der Waals surface area (Å²) in [6.45, 7) is 0.140. The molecule has 0 aromatic heterocycles. The van der Waals surface area contributed by atoms with E-state index in [9.17, 15) is 13.4 Å². The lowest BCUT2D eigenvalue weighted by Gasteiger charge is -1.96. The molecule has 0 heterocycles. The summed E-state index contributed by atoms with van der Waals surface area (Å²) in [7, 11) is -1.72. The van der Waals surface area contributed by atoms with Crippen LogP contribution in [-0.2, 0) is 15.6 Å². The predicted octanol–water partition coefficient (Wildman–Crippen LogP) is -0.812. The Labute approximate surface area is 54.9 Å². The van der Waals surface area contributed by atoms with E-state index in [4.69, 9.17) is 5.73 Å². The van der Waals surface area contributed by atoms with Crippen LogP contribution >= 0.6 is 0 Å². The van der Waals surface area contributed by atoms with Gasteiger partial charge in [-0.15, -0.1) is 0 Å². The van der Waals surface area contributed by atoms with Crippen LogP contribution in [0.4, 0.5) is 4.39 Å². The fourth-order valence-electron chi connectivity index (χ4n) is 0.291. The maximum atomic E-state index is 12.0. The number of halogens is 1. The molecule has 0 bridgehead atoms. The van der Waals surface area contributed by atoms with Crippen LogP contribution < -0.4 is 5.73 Å². The zero-order valence-electron chi connectivity index (χ0n) is 4.75. The SMILES string of the molecule is NCCS(=O)C(F)C=O. The molecular formula is C4H8FNO2S. The Hall–Kier alpha value is -0.290. The monoisotopic (exact) mass is 153 g/mol. The zero-order chi connectivity index (χ0) is 7.28. The minimum Gasteiger partial charge on any atom is -0.330 e. The Kier molecular flexibility index (Phi) is 4.43. The first-order chi connectivity index (χ1) is 4.22. The van der Waals surface area contributed by atoms with E-state index in [1.165, 1.54) is 0 Å². The molecular weight excluding hydrogens is 145 g/mol. The molecule has 0 saturated heterocycles. The van der Waals surface area contributed by atoms with E-state index >= 15 is 0 Å². The van der Waals surface area contributed by atoms with E-state index < -0.39 is 16.3 Å². The van der Waals surface area contributed by atoms with Gasteiger partial charge in [0.15, 0.2) is 6.29 Å². The van der Waals surface area contributed by atoms with E-state index in [0.29, 0.717) is 0 Å². The zero-order valence-corrected chi connectivity index (χ0v) is 5.57. The molecule has 0 aromatic carbocycles. The highest BCUT2D eigenvalue weighted by Crippen LogP contribution is 1.92. The number of carbonyl (C=O) groups is 1. The van der Waals surface area contributed by atoms with Crippen LogP contribution in [0.5, 0.6) is 0 Å².